The highest BCUT2D eigenvalue weighted by molar-refractivity contribution is 5.77. The normalized spacial score (nSPS) is 24.8. The Labute approximate surface area is 139 Å². The molecular weight excluding hydrogens is 288 g/mol. The van der Waals surface area contributed by atoms with Gasteiger partial charge in [-0.3, -0.25) is 4.79 Å². The van der Waals surface area contributed by atoms with E-state index in [1.807, 2.05) is 12.1 Å². The third-order valence-electron chi connectivity index (χ3n) is 5.43. The Balaban J connectivity index is 1.57. The molecule has 0 spiro atoms. The van der Waals surface area contributed by atoms with Crippen LogP contribution in [0.5, 0.6) is 5.75 Å². The van der Waals surface area contributed by atoms with Gasteiger partial charge in [-0.15, -0.1) is 0 Å². The predicted molar refractivity (Wildman–Crippen MR) is 91.6 cm³/mol. The van der Waals surface area contributed by atoms with E-state index in [-0.39, 0.29) is 11.9 Å². The number of hydrogen-bond acceptors (Lipinski definition) is 3. The average Bonchev–Trinajstić information content (AvgIpc) is 2.98. The Morgan fingerprint density at radius 1 is 1.43 bits per heavy atom. The van der Waals surface area contributed by atoms with Crippen molar-refractivity contribution < 1.29 is 9.53 Å². The highest BCUT2D eigenvalue weighted by Gasteiger charge is 2.28. The van der Waals surface area contributed by atoms with Crippen LogP contribution in [0.15, 0.2) is 18.2 Å². The van der Waals surface area contributed by atoms with Gasteiger partial charge in [-0.25, -0.2) is 0 Å². The number of hydrogen-bond donors (Lipinski definition) is 2. The van der Waals surface area contributed by atoms with Crippen LogP contribution < -0.4 is 15.4 Å². The molecule has 23 heavy (non-hydrogen) atoms. The Kier molecular flexibility index (Phi) is 5.21. The molecule has 1 heterocycles. The number of methoxy groups -OCH3 is 1. The van der Waals surface area contributed by atoms with Crippen molar-refractivity contribution in [2.75, 3.05) is 20.2 Å². The SMILES string of the molecule is COc1cccc2c1CCC2NC(=O)CC(C)C1CCCNC1. The summed E-state index contributed by atoms with van der Waals surface area (Å²) in [6, 6.07) is 6.27. The van der Waals surface area contributed by atoms with Gasteiger partial charge in [-0.2, -0.15) is 0 Å². The van der Waals surface area contributed by atoms with Crippen LogP contribution in [0.1, 0.15) is 49.8 Å². The van der Waals surface area contributed by atoms with Crippen molar-refractivity contribution in [1.29, 1.82) is 0 Å². The van der Waals surface area contributed by atoms with E-state index in [0.29, 0.717) is 18.3 Å². The number of amides is 1. The minimum absolute atomic E-state index is 0.143. The Hall–Kier alpha value is -1.55. The summed E-state index contributed by atoms with van der Waals surface area (Å²) in [5, 5.41) is 6.68. The first-order valence-electron chi connectivity index (χ1n) is 8.85. The Morgan fingerprint density at radius 2 is 2.30 bits per heavy atom. The molecule has 2 aliphatic rings. The van der Waals surface area contributed by atoms with E-state index < -0.39 is 0 Å². The van der Waals surface area contributed by atoms with Crippen molar-refractivity contribution in [3.05, 3.63) is 29.3 Å². The molecule has 1 aromatic carbocycles. The van der Waals surface area contributed by atoms with Gasteiger partial charge in [-0.1, -0.05) is 19.1 Å². The molecule has 1 aliphatic carbocycles. The van der Waals surface area contributed by atoms with Crippen LogP contribution in [0.4, 0.5) is 0 Å². The van der Waals surface area contributed by atoms with Gasteiger partial charge in [0.1, 0.15) is 5.75 Å². The van der Waals surface area contributed by atoms with Crippen molar-refractivity contribution in [3.63, 3.8) is 0 Å². The van der Waals surface area contributed by atoms with E-state index in [9.17, 15) is 4.79 Å². The summed E-state index contributed by atoms with van der Waals surface area (Å²) in [4.78, 5) is 12.5. The number of carbonyl (C=O) groups excluding carboxylic acids is 1. The summed E-state index contributed by atoms with van der Waals surface area (Å²) in [6.07, 6.45) is 5.05. The zero-order valence-corrected chi connectivity index (χ0v) is 14.2. The zero-order chi connectivity index (χ0) is 16.2. The first-order chi connectivity index (χ1) is 11.2. The molecule has 3 atom stereocenters. The third-order valence-corrected chi connectivity index (χ3v) is 5.43. The van der Waals surface area contributed by atoms with E-state index in [2.05, 4.69) is 23.6 Å². The van der Waals surface area contributed by atoms with Crippen LogP contribution in [0, 0.1) is 11.8 Å². The van der Waals surface area contributed by atoms with Crippen LogP contribution in [-0.2, 0) is 11.2 Å². The summed E-state index contributed by atoms with van der Waals surface area (Å²) in [5.41, 5.74) is 2.48. The van der Waals surface area contributed by atoms with E-state index in [1.54, 1.807) is 7.11 Å². The summed E-state index contributed by atoms with van der Waals surface area (Å²) >= 11 is 0. The molecule has 0 radical (unpaired) electrons. The summed E-state index contributed by atoms with van der Waals surface area (Å²) < 4.78 is 5.43. The van der Waals surface area contributed by atoms with Crippen LogP contribution >= 0.6 is 0 Å². The lowest BCUT2D eigenvalue weighted by molar-refractivity contribution is -0.123. The van der Waals surface area contributed by atoms with Gasteiger partial charge in [0.05, 0.1) is 13.2 Å². The second-order valence-corrected chi connectivity index (χ2v) is 6.97. The molecule has 1 saturated heterocycles. The topological polar surface area (TPSA) is 50.4 Å². The lowest BCUT2D eigenvalue weighted by atomic mass is 9.85. The highest BCUT2D eigenvalue weighted by Crippen LogP contribution is 2.37. The minimum atomic E-state index is 0.143. The fraction of sp³-hybridized carbons (Fsp3) is 0.632. The number of carbonyl (C=O) groups is 1. The van der Waals surface area contributed by atoms with E-state index in [1.165, 1.54) is 24.0 Å². The predicted octanol–water partition coefficient (Wildman–Crippen LogP) is 2.82. The molecule has 4 nitrogen and oxygen atoms in total. The largest absolute Gasteiger partial charge is 0.496 e. The summed E-state index contributed by atoms with van der Waals surface area (Å²) in [6.45, 7) is 4.39. The second-order valence-electron chi connectivity index (χ2n) is 6.97. The van der Waals surface area contributed by atoms with Crippen molar-refractivity contribution in [1.82, 2.24) is 10.6 Å². The van der Waals surface area contributed by atoms with E-state index in [0.717, 1.165) is 31.7 Å². The van der Waals surface area contributed by atoms with Gasteiger partial charge in [0, 0.05) is 6.42 Å². The number of ether oxygens (including phenoxy) is 1. The number of rotatable bonds is 5. The maximum Gasteiger partial charge on any atom is 0.220 e. The van der Waals surface area contributed by atoms with Gasteiger partial charge in [0.15, 0.2) is 0 Å². The van der Waals surface area contributed by atoms with E-state index >= 15 is 0 Å². The molecular formula is C19H28N2O2. The van der Waals surface area contributed by atoms with Crippen molar-refractivity contribution in [3.8, 4) is 5.75 Å². The molecule has 1 aromatic rings. The zero-order valence-electron chi connectivity index (χ0n) is 14.2. The Morgan fingerprint density at radius 3 is 3.04 bits per heavy atom. The molecule has 3 rings (SSSR count). The molecule has 4 heteroatoms. The number of benzene rings is 1. The van der Waals surface area contributed by atoms with Gasteiger partial charge in [0.25, 0.3) is 0 Å². The molecule has 3 unspecified atom stereocenters. The standard InChI is InChI=1S/C19H28N2O2/c1-13(14-5-4-10-20-12-14)11-19(22)21-17-9-8-16-15(17)6-3-7-18(16)23-2/h3,6-7,13-14,17,20H,4-5,8-12H2,1-2H3,(H,21,22). The average molecular weight is 316 g/mol. The first-order valence-corrected chi connectivity index (χ1v) is 8.85. The van der Waals surface area contributed by atoms with Gasteiger partial charge >= 0.3 is 0 Å². The maximum atomic E-state index is 12.5. The summed E-state index contributed by atoms with van der Waals surface area (Å²) in [7, 11) is 1.71. The van der Waals surface area contributed by atoms with Crippen molar-refractivity contribution in [2.24, 2.45) is 11.8 Å². The number of nitrogens with one attached hydrogen (secondary N) is 2. The monoisotopic (exact) mass is 316 g/mol. The number of fused-ring (bicyclic) bond motifs is 1. The quantitative estimate of drug-likeness (QED) is 0.878. The molecule has 1 fully saturated rings. The lowest BCUT2D eigenvalue weighted by Crippen LogP contribution is -2.36. The van der Waals surface area contributed by atoms with Crippen LogP contribution in [-0.4, -0.2) is 26.1 Å². The van der Waals surface area contributed by atoms with E-state index in [4.69, 9.17) is 4.74 Å². The molecule has 1 amide bonds. The Bertz CT molecular complexity index is 552. The van der Waals surface area contributed by atoms with Crippen LogP contribution in [0.25, 0.3) is 0 Å². The van der Waals surface area contributed by atoms with Crippen molar-refractivity contribution in [2.45, 2.75) is 45.1 Å². The van der Waals surface area contributed by atoms with Crippen molar-refractivity contribution >= 4 is 5.91 Å². The maximum absolute atomic E-state index is 12.5. The van der Waals surface area contributed by atoms with Gasteiger partial charge < -0.3 is 15.4 Å². The fourth-order valence-corrected chi connectivity index (χ4v) is 4.04. The first kappa shape index (κ1) is 16.3. The molecule has 126 valence electrons. The highest BCUT2D eigenvalue weighted by atomic mass is 16.5. The fourth-order valence-electron chi connectivity index (χ4n) is 4.04. The van der Waals surface area contributed by atoms with Gasteiger partial charge in [-0.05, 0) is 67.8 Å². The molecule has 2 N–H and O–H groups in total. The minimum Gasteiger partial charge on any atom is -0.496 e. The second kappa shape index (κ2) is 7.35. The molecule has 0 aromatic heterocycles. The molecule has 0 saturated carbocycles. The smallest absolute Gasteiger partial charge is 0.220 e. The molecule has 1 aliphatic heterocycles. The van der Waals surface area contributed by atoms with Crippen LogP contribution in [0.2, 0.25) is 0 Å². The third kappa shape index (κ3) is 3.69. The molecule has 0 bridgehead atoms. The van der Waals surface area contributed by atoms with Gasteiger partial charge in [0.2, 0.25) is 5.91 Å². The summed E-state index contributed by atoms with van der Waals surface area (Å²) in [5.74, 6) is 2.20. The number of piperidine rings is 1. The lowest BCUT2D eigenvalue weighted by Gasteiger charge is -2.28. The van der Waals surface area contributed by atoms with Crippen LogP contribution in [0.3, 0.4) is 0 Å².